The van der Waals surface area contributed by atoms with E-state index in [1.54, 1.807) is 11.0 Å². The van der Waals surface area contributed by atoms with Gasteiger partial charge in [0.05, 0.1) is 10.5 Å². The second-order valence-corrected chi connectivity index (χ2v) is 5.36. The van der Waals surface area contributed by atoms with Gasteiger partial charge in [-0.15, -0.1) is 0 Å². The number of hydrogen-bond donors (Lipinski definition) is 1. The third-order valence-electron chi connectivity index (χ3n) is 3.38. The molecule has 0 radical (unpaired) electrons. The van der Waals surface area contributed by atoms with E-state index < -0.39 is 0 Å². The number of carbonyl (C=O) groups is 1. The first-order chi connectivity index (χ1) is 8.54. The molecule has 0 bridgehead atoms. The van der Waals surface area contributed by atoms with Gasteiger partial charge in [0.2, 0.25) is 5.91 Å². The van der Waals surface area contributed by atoms with Gasteiger partial charge >= 0.3 is 0 Å². The SMILES string of the molecule is CCN1C(=O)CCC(N)C1c1ccc(Br)c(F)c1. The molecule has 2 N–H and O–H groups in total. The molecule has 1 amide bonds. The number of benzene rings is 1. The zero-order valence-corrected chi connectivity index (χ0v) is 11.8. The summed E-state index contributed by atoms with van der Waals surface area (Å²) < 4.78 is 14.0. The zero-order chi connectivity index (χ0) is 13.3. The van der Waals surface area contributed by atoms with Crippen LogP contribution in [0.3, 0.4) is 0 Å². The summed E-state index contributed by atoms with van der Waals surface area (Å²) >= 11 is 3.13. The highest BCUT2D eigenvalue weighted by Gasteiger charge is 2.34. The molecule has 1 aliphatic heterocycles. The first-order valence-electron chi connectivity index (χ1n) is 6.04. The minimum Gasteiger partial charge on any atom is -0.334 e. The summed E-state index contributed by atoms with van der Waals surface area (Å²) in [5.41, 5.74) is 6.86. The number of amides is 1. The third kappa shape index (κ3) is 2.42. The Kier molecular flexibility index (Phi) is 4.02. The summed E-state index contributed by atoms with van der Waals surface area (Å²) in [6.45, 7) is 2.51. The molecule has 1 saturated heterocycles. The van der Waals surface area contributed by atoms with Gasteiger partial charge in [-0.25, -0.2) is 4.39 Å². The fourth-order valence-electron chi connectivity index (χ4n) is 2.47. The Morgan fingerprint density at radius 1 is 1.56 bits per heavy atom. The van der Waals surface area contributed by atoms with Crippen LogP contribution < -0.4 is 5.73 Å². The average Bonchev–Trinajstić information content (AvgIpc) is 2.35. The third-order valence-corrected chi connectivity index (χ3v) is 4.02. The molecule has 98 valence electrons. The van der Waals surface area contributed by atoms with Crippen molar-refractivity contribution >= 4 is 21.8 Å². The van der Waals surface area contributed by atoms with Gasteiger partial charge in [0.1, 0.15) is 5.82 Å². The lowest BCUT2D eigenvalue weighted by Gasteiger charge is -2.39. The molecule has 2 unspecified atom stereocenters. The van der Waals surface area contributed by atoms with E-state index in [4.69, 9.17) is 5.73 Å². The molecule has 0 spiro atoms. The summed E-state index contributed by atoms with van der Waals surface area (Å²) in [4.78, 5) is 13.6. The first kappa shape index (κ1) is 13.5. The Labute approximate surface area is 114 Å². The molecule has 2 rings (SSSR count). The van der Waals surface area contributed by atoms with E-state index in [-0.39, 0.29) is 23.8 Å². The standard InChI is InChI=1S/C13H16BrFN2O/c1-2-17-12(18)6-5-11(16)13(17)8-3-4-9(14)10(15)7-8/h3-4,7,11,13H,2,5-6,16H2,1H3. The molecule has 1 aromatic rings. The monoisotopic (exact) mass is 314 g/mol. The van der Waals surface area contributed by atoms with Crippen LogP contribution in [0, 0.1) is 5.82 Å². The smallest absolute Gasteiger partial charge is 0.223 e. The molecular weight excluding hydrogens is 299 g/mol. The van der Waals surface area contributed by atoms with Crippen molar-refractivity contribution < 1.29 is 9.18 Å². The van der Waals surface area contributed by atoms with Crippen molar-refractivity contribution in [1.29, 1.82) is 0 Å². The molecule has 0 saturated carbocycles. The van der Waals surface area contributed by atoms with Crippen LogP contribution in [-0.2, 0) is 4.79 Å². The second kappa shape index (κ2) is 5.36. The van der Waals surface area contributed by atoms with E-state index in [0.29, 0.717) is 23.9 Å². The molecule has 1 fully saturated rings. The number of carbonyl (C=O) groups excluding carboxylic acids is 1. The lowest BCUT2D eigenvalue weighted by molar-refractivity contribution is -0.137. The number of nitrogens with zero attached hydrogens (tertiary/aromatic N) is 1. The van der Waals surface area contributed by atoms with Crippen LogP contribution in [0.5, 0.6) is 0 Å². The van der Waals surface area contributed by atoms with Gasteiger partial charge in [0.15, 0.2) is 0 Å². The Hall–Kier alpha value is -0.940. The molecule has 2 atom stereocenters. The van der Waals surface area contributed by atoms with Gasteiger partial charge in [0, 0.05) is 19.0 Å². The summed E-state index contributed by atoms with van der Waals surface area (Å²) in [6.07, 6.45) is 1.13. The van der Waals surface area contributed by atoms with Crippen molar-refractivity contribution in [3.8, 4) is 0 Å². The van der Waals surface area contributed by atoms with E-state index in [1.807, 2.05) is 13.0 Å². The predicted molar refractivity (Wildman–Crippen MR) is 71.4 cm³/mol. The highest BCUT2D eigenvalue weighted by molar-refractivity contribution is 9.10. The van der Waals surface area contributed by atoms with Crippen molar-refractivity contribution in [2.75, 3.05) is 6.54 Å². The topological polar surface area (TPSA) is 46.3 Å². The van der Waals surface area contributed by atoms with Gasteiger partial charge < -0.3 is 10.6 Å². The van der Waals surface area contributed by atoms with Crippen molar-refractivity contribution in [3.63, 3.8) is 0 Å². The molecule has 5 heteroatoms. The number of halogens is 2. The van der Waals surface area contributed by atoms with Crippen molar-refractivity contribution in [1.82, 2.24) is 4.90 Å². The Balaban J connectivity index is 2.38. The van der Waals surface area contributed by atoms with Gasteiger partial charge in [-0.3, -0.25) is 4.79 Å². The van der Waals surface area contributed by atoms with Crippen LogP contribution in [0.1, 0.15) is 31.4 Å². The van der Waals surface area contributed by atoms with E-state index in [1.165, 1.54) is 6.07 Å². The maximum absolute atomic E-state index is 13.6. The highest BCUT2D eigenvalue weighted by atomic mass is 79.9. The molecule has 0 aromatic heterocycles. The van der Waals surface area contributed by atoms with E-state index in [0.717, 1.165) is 5.56 Å². The minimum absolute atomic E-state index is 0.0903. The number of likely N-dealkylation sites (tertiary alicyclic amines) is 1. The normalized spacial score (nSPS) is 24.4. The average molecular weight is 315 g/mol. The van der Waals surface area contributed by atoms with Crippen molar-refractivity contribution in [3.05, 3.63) is 34.1 Å². The molecule has 3 nitrogen and oxygen atoms in total. The minimum atomic E-state index is -0.325. The molecule has 0 aliphatic carbocycles. The summed E-state index contributed by atoms with van der Waals surface area (Å²) in [6, 6.07) is 4.57. The van der Waals surface area contributed by atoms with Gasteiger partial charge in [-0.1, -0.05) is 6.07 Å². The van der Waals surface area contributed by atoms with Crippen LogP contribution in [0.25, 0.3) is 0 Å². The van der Waals surface area contributed by atoms with Gasteiger partial charge in [-0.2, -0.15) is 0 Å². The van der Waals surface area contributed by atoms with Crippen LogP contribution >= 0.6 is 15.9 Å². The summed E-state index contributed by atoms with van der Waals surface area (Å²) in [5.74, 6) is -0.235. The fourth-order valence-corrected chi connectivity index (χ4v) is 2.72. The van der Waals surface area contributed by atoms with Crippen molar-refractivity contribution in [2.45, 2.75) is 31.8 Å². The Bertz CT molecular complexity index is 466. The zero-order valence-electron chi connectivity index (χ0n) is 10.2. The largest absolute Gasteiger partial charge is 0.334 e. The second-order valence-electron chi connectivity index (χ2n) is 4.50. The quantitative estimate of drug-likeness (QED) is 0.912. The fraction of sp³-hybridized carbons (Fsp3) is 0.462. The predicted octanol–water partition coefficient (Wildman–Crippen LogP) is 2.60. The van der Waals surface area contributed by atoms with Crippen LogP contribution in [0.4, 0.5) is 4.39 Å². The molecule has 1 heterocycles. The summed E-state index contributed by atoms with van der Waals surface area (Å²) in [5, 5.41) is 0. The number of likely N-dealkylation sites (N-methyl/N-ethyl adjacent to an activating group) is 1. The van der Waals surface area contributed by atoms with Crippen LogP contribution in [-0.4, -0.2) is 23.4 Å². The lowest BCUT2D eigenvalue weighted by Crippen LogP contribution is -2.48. The van der Waals surface area contributed by atoms with Crippen LogP contribution in [0.15, 0.2) is 22.7 Å². The van der Waals surface area contributed by atoms with Gasteiger partial charge in [0.25, 0.3) is 0 Å². The van der Waals surface area contributed by atoms with E-state index >= 15 is 0 Å². The maximum atomic E-state index is 13.6. The maximum Gasteiger partial charge on any atom is 0.223 e. The van der Waals surface area contributed by atoms with Crippen molar-refractivity contribution in [2.24, 2.45) is 5.73 Å². The molecular formula is C13H16BrFN2O. The number of nitrogens with two attached hydrogens (primary N) is 1. The number of piperidine rings is 1. The van der Waals surface area contributed by atoms with E-state index in [9.17, 15) is 9.18 Å². The Morgan fingerprint density at radius 3 is 2.89 bits per heavy atom. The molecule has 1 aliphatic rings. The van der Waals surface area contributed by atoms with Gasteiger partial charge in [-0.05, 0) is 47.0 Å². The Morgan fingerprint density at radius 2 is 2.28 bits per heavy atom. The molecule has 18 heavy (non-hydrogen) atoms. The lowest BCUT2D eigenvalue weighted by atomic mass is 9.90. The first-order valence-corrected chi connectivity index (χ1v) is 6.84. The van der Waals surface area contributed by atoms with E-state index in [2.05, 4.69) is 15.9 Å². The summed E-state index contributed by atoms with van der Waals surface area (Å²) in [7, 11) is 0. The number of hydrogen-bond acceptors (Lipinski definition) is 2. The number of rotatable bonds is 2. The van der Waals surface area contributed by atoms with Crippen LogP contribution in [0.2, 0.25) is 0 Å². The molecule has 1 aromatic carbocycles. The highest BCUT2D eigenvalue weighted by Crippen LogP contribution is 2.32.